The van der Waals surface area contributed by atoms with Gasteiger partial charge in [0.1, 0.15) is 55.4 Å². The van der Waals surface area contributed by atoms with Crippen molar-refractivity contribution in [3.8, 4) is 0 Å². The number of rotatable bonds is 38. The van der Waals surface area contributed by atoms with E-state index in [0.717, 1.165) is 77.0 Å². The van der Waals surface area contributed by atoms with Gasteiger partial charge in [-0.25, -0.2) is 0 Å². The van der Waals surface area contributed by atoms with Gasteiger partial charge in [-0.05, 0) is 83.5 Å². The van der Waals surface area contributed by atoms with E-state index in [1.807, 2.05) is 0 Å². The molecule has 2 saturated heterocycles. The molecule has 2 rings (SSSR count). The molecule has 0 aromatic heterocycles. The Kier molecular flexibility index (Phi) is 35.6. The van der Waals surface area contributed by atoms with E-state index in [1.54, 1.807) is 0 Å². The lowest BCUT2D eigenvalue weighted by Crippen LogP contribution is -2.61. The van der Waals surface area contributed by atoms with Crippen molar-refractivity contribution in [2.75, 3.05) is 26.4 Å². The Labute approximate surface area is 406 Å². The molecule has 390 valence electrons. The van der Waals surface area contributed by atoms with Crippen LogP contribution in [-0.4, -0.2) is 142 Å². The number of aliphatic hydroxyl groups is 7. The molecule has 0 radical (unpaired) electrons. The van der Waals surface area contributed by atoms with E-state index < -0.39 is 99.3 Å². The molecular formula is C53H88O15. The smallest absolute Gasteiger partial charge is 0.306 e. The normalized spacial score (nSPS) is 26.4. The highest BCUT2D eigenvalue weighted by Gasteiger charge is 2.47. The Balaban J connectivity index is 1.83. The number of aliphatic hydroxyl groups excluding tert-OH is 7. The van der Waals surface area contributed by atoms with Crippen LogP contribution in [0, 0.1) is 0 Å². The molecule has 0 bridgehead atoms. The Morgan fingerprint density at radius 1 is 0.485 bits per heavy atom. The van der Waals surface area contributed by atoms with Crippen LogP contribution in [0.3, 0.4) is 0 Å². The van der Waals surface area contributed by atoms with Gasteiger partial charge in [-0.3, -0.25) is 9.59 Å². The van der Waals surface area contributed by atoms with Crippen LogP contribution in [0.4, 0.5) is 0 Å². The number of ether oxygens (including phenoxy) is 6. The van der Waals surface area contributed by atoms with Crippen LogP contribution < -0.4 is 0 Å². The second-order valence-corrected chi connectivity index (χ2v) is 17.6. The molecule has 2 aliphatic rings. The van der Waals surface area contributed by atoms with Crippen LogP contribution >= 0.6 is 0 Å². The summed E-state index contributed by atoms with van der Waals surface area (Å²) in [5, 5.41) is 72.1. The maximum atomic E-state index is 13.0. The molecule has 0 spiro atoms. The molecule has 0 amide bonds. The maximum Gasteiger partial charge on any atom is 0.306 e. The zero-order valence-electron chi connectivity index (χ0n) is 41.1. The first-order valence-electron chi connectivity index (χ1n) is 25.5. The Morgan fingerprint density at radius 3 is 1.49 bits per heavy atom. The van der Waals surface area contributed by atoms with E-state index >= 15 is 0 Å². The van der Waals surface area contributed by atoms with E-state index in [9.17, 15) is 45.3 Å². The lowest BCUT2D eigenvalue weighted by Gasteiger charge is -2.42. The molecule has 11 atom stereocenters. The summed E-state index contributed by atoms with van der Waals surface area (Å²) in [7, 11) is 0. The molecule has 2 fully saturated rings. The van der Waals surface area contributed by atoms with Crippen molar-refractivity contribution in [1.82, 2.24) is 0 Å². The van der Waals surface area contributed by atoms with Crippen molar-refractivity contribution < 1.29 is 73.8 Å². The van der Waals surface area contributed by atoms with E-state index in [4.69, 9.17) is 28.4 Å². The summed E-state index contributed by atoms with van der Waals surface area (Å²) < 4.78 is 33.5. The van der Waals surface area contributed by atoms with Crippen LogP contribution in [0.15, 0.2) is 72.9 Å². The predicted octanol–water partition coefficient (Wildman–Crippen LogP) is 7.04. The molecule has 7 N–H and O–H groups in total. The minimum absolute atomic E-state index is 0.107. The van der Waals surface area contributed by atoms with Gasteiger partial charge >= 0.3 is 11.9 Å². The first-order valence-corrected chi connectivity index (χ1v) is 25.5. The molecule has 2 heterocycles. The van der Waals surface area contributed by atoms with E-state index in [2.05, 4.69) is 86.8 Å². The van der Waals surface area contributed by atoms with Crippen molar-refractivity contribution in [1.29, 1.82) is 0 Å². The fourth-order valence-electron chi connectivity index (χ4n) is 7.47. The average Bonchev–Trinajstić information content (AvgIpc) is 3.33. The predicted molar refractivity (Wildman–Crippen MR) is 261 cm³/mol. The van der Waals surface area contributed by atoms with Gasteiger partial charge in [0.2, 0.25) is 0 Å². The van der Waals surface area contributed by atoms with Gasteiger partial charge in [0.15, 0.2) is 18.7 Å². The number of hydrogen-bond acceptors (Lipinski definition) is 15. The molecule has 0 aliphatic carbocycles. The van der Waals surface area contributed by atoms with Crippen LogP contribution in [0.1, 0.15) is 155 Å². The third-order valence-electron chi connectivity index (χ3n) is 11.7. The summed E-state index contributed by atoms with van der Waals surface area (Å²) in [6.45, 7) is 2.38. The van der Waals surface area contributed by atoms with Crippen molar-refractivity contribution in [3.63, 3.8) is 0 Å². The van der Waals surface area contributed by atoms with E-state index in [-0.39, 0.29) is 19.4 Å². The fourth-order valence-corrected chi connectivity index (χ4v) is 7.47. The van der Waals surface area contributed by atoms with Crippen molar-refractivity contribution in [2.45, 2.75) is 223 Å². The second kappa shape index (κ2) is 39.6. The lowest BCUT2D eigenvalue weighted by molar-refractivity contribution is -0.332. The molecular weight excluding hydrogens is 877 g/mol. The van der Waals surface area contributed by atoms with Gasteiger partial charge < -0.3 is 64.2 Å². The van der Waals surface area contributed by atoms with Gasteiger partial charge in [0, 0.05) is 12.8 Å². The second-order valence-electron chi connectivity index (χ2n) is 17.6. The van der Waals surface area contributed by atoms with Crippen molar-refractivity contribution in [3.05, 3.63) is 72.9 Å². The minimum Gasteiger partial charge on any atom is -0.462 e. The molecule has 0 aromatic rings. The van der Waals surface area contributed by atoms with Crippen LogP contribution in [0.5, 0.6) is 0 Å². The SMILES string of the molecule is CC/C=C/C/C=C/C/C=C/C/C=C/CCCCC(=O)O[C@@H](COC(=O)CCCCCCCCC/C=C/C/C=C/CCCCC)CO[C@@H]1O[C@H](CO[C@@H]2O[C@H](CO)[C@H](O)C(O)C2O)[C@H](O)C(O)C1O. The number of unbranched alkanes of at least 4 members (excludes halogenated alkanes) is 12. The molecule has 4 unspecified atom stereocenters. The summed E-state index contributed by atoms with van der Waals surface area (Å²) in [5.74, 6) is -0.989. The standard InChI is InChI=1S/C53H88O15/c1-3-5-7-9-11-13-15-17-19-20-22-23-25-27-29-31-33-35-44(55)63-38-41(66-45(56)36-34-32-30-28-26-24-21-18-16-14-12-10-8-6-4-2)39-64-52-51(62)49(60)47(58)43(68-52)40-65-53-50(61)48(59)46(57)42(37-54)67-53/h6,8,11-14,17-19,21,26,28,41-43,46-54,57-62H,3-5,7,9-10,15-16,20,22-25,27,29-40H2,1-2H3/b8-6+,13-11+,14-12+,19-17+,21-18+,28-26+/t41-,42+,43+,46-,47-,48?,49?,50?,51?,52+,53+/m0/s1. The highest BCUT2D eigenvalue weighted by Crippen LogP contribution is 2.26. The zero-order chi connectivity index (χ0) is 49.6. The summed E-state index contributed by atoms with van der Waals surface area (Å²) in [6, 6.07) is 0. The minimum atomic E-state index is -1.78. The third-order valence-corrected chi connectivity index (χ3v) is 11.7. The highest BCUT2D eigenvalue weighted by atomic mass is 16.7. The number of carbonyl (C=O) groups is 2. The van der Waals surface area contributed by atoms with Crippen molar-refractivity contribution >= 4 is 11.9 Å². The quantitative estimate of drug-likeness (QED) is 0.0187. The zero-order valence-corrected chi connectivity index (χ0v) is 41.1. The van der Waals surface area contributed by atoms with Crippen LogP contribution in [0.25, 0.3) is 0 Å². The number of allylic oxidation sites excluding steroid dienone is 12. The number of esters is 2. The van der Waals surface area contributed by atoms with Crippen LogP contribution in [-0.2, 0) is 38.0 Å². The monoisotopic (exact) mass is 965 g/mol. The van der Waals surface area contributed by atoms with Gasteiger partial charge in [0.25, 0.3) is 0 Å². The van der Waals surface area contributed by atoms with Crippen LogP contribution in [0.2, 0.25) is 0 Å². The first-order chi connectivity index (χ1) is 33.0. The number of hydrogen-bond donors (Lipinski definition) is 7. The Hall–Kier alpha value is -3.06. The van der Waals surface area contributed by atoms with Crippen molar-refractivity contribution in [2.24, 2.45) is 0 Å². The molecule has 68 heavy (non-hydrogen) atoms. The van der Waals surface area contributed by atoms with Gasteiger partial charge in [-0.2, -0.15) is 0 Å². The summed E-state index contributed by atoms with van der Waals surface area (Å²) in [5.41, 5.74) is 0. The summed E-state index contributed by atoms with van der Waals surface area (Å²) in [4.78, 5) is 25.7. The largest absolute Gasteiger partial charge is 0.462 e. The van der Waals surface area contributed by atoms with E-state index in [1.165, 1.54) is 38.5 Å². The third kappa shape index (κ3) is 27.4. The number of carbonyl (C=O) groups excluding carboxylic acids is 2. The highest BCUT2D eigenvalue weighted by molar-refractivity contribution is 5.70. The fraction of sp³-hybridized carbons (Fsp3) is 0.736. The van der Waals surface area contributed by atoms with E-state index in [0.29, 0.717) is 12.8 Å². The summed E-state index contributed by atoms with van der Waals surface area (Å²) in [6.07, 6.45) is 29.3. The lowest BCUT2D eigenvalue weighted by atomic mass is 9.98. The topological polar surface area (TPSA) is 231 Å². The van der Waals surface area contributed by atoms with Gasteiger partial charge in [0.05, 0.1) is 19.8 Å². The summed E-state index contributed by atoms with van der Waals surface area (Å²) >= 11 is 0. The Bertz CT molecular complexity index is 1460. The molecule has 15 heteroatoms. The van der Waals surface area contributed by atoms with Gasteiger partial charge in [-0.15, -0.1) is 0 Å². The molecule has 15 nitrogen and oxygen atoms in total. The maximum absolute atomic E-state index is 13.0. The molecule has 2 aliphatic heterocycles. The first kappa shape index (κ1) is 61.1. The molecule has 0 aromatic carbocycles. The molecule has 0 saturated carbocycles. The average molecular weight is 965 g/mol. The Morgan fingerprint density at radius 2 is 0.926 bits per heavy atom. The van der Waals surface area contributed by atoms with Gasteiger partial charge in [-0.1, -0.05) is 132 Å².